The van der Waals surface area contributed by atoms with Gasteiger partial charge in [-0.2, -0.15) is 0 Å². The maximum Gasteiger partial charge on any atom is 0.242 e. The van der Waals surface area contributed by atoms with E-state index < -0.39 is 0 Å². The molecule has 1 aromatic heterocycles. The normalized spacial score (nSPS) is 16.9. The quantitative estimate of drug-likeness (QED) is 0.627. The lowest BCUT2D eigenvalue weighted by Crippen LogP contribution is -2.46. The van der Waals surface area contributed by atoms with Crippen LogP contribution in [-0.4, -0.2) is 54.0 Å². The molecule has 152 valence electrons. The molecule has 1 saturated heterocycles. The van der Waals surface area contributed by atoms with Gasteiger partial charge in [-0.25, -0.2) is 0 Å². The number of ether oxygens (including phenoxy) is 1. The molecule has 1 aliphatic rings. The van der Waals surface area contributed by atoms with Crippen molar-refractivity contribution in [3.8, 4) is 0 Å². The zero-order valence-corrected chi connectivity index (χ0v) is 17.1. The number of rotatable bonds is 10. The summed E-state index contributed by atoms with van der Waals surface area (Å²) in [6.07, 6.45) is 4.13. The zero-order chi connectivity index (χ0) is 19.8. The van der Waals surface area contributed by atoms with Crippen LogP contribution in [-0.2, 0) is 20.9 Å². The summed E-state index contributed by atoms with van der Waals surface area (Å²) in [5, 5.41) is 0. The van der Waals surface area contributed by atoms with E-state index in [9.17, 15) is 9.59 Å². The van der Waals surface area contributed by atoms with Crippen molar-refractivity contribution < 1.29 is 18.7 Å². The molecule has 0 N–H and O–H groups in total. The van der Waals surface area contributed by atoms with E-state index >= 15 is 0 Å². The van der Waals surface area contributed by atoms with E-state index in [2.05, 4.69) is 13.8 Å². The second-order valence-electron chi connectivity index (χ2n) is 8.25. The summed E-state index contributed by atoms with van der Waals surface area (Å²) in [4.78, 5) is 29.2. The number of carbonyl (C=O) groups excluding carboxylic acids is 2. The van der Waals surface area contributed by atoms with Crippen LogP contribution < -0.4 is 0 Å². The van der Waals surface area contributed by atoms with Gasteiger partial charge >= 0.3 is 0 Å². The molecular weight excluding hydrogens is 344 g/mol. The summed E-state index contributed by atoms with van der Waals surface area (Å²) in [6.45, 7) is 10.6. The average molecular weight is 379 g/mol. The van der Waals surface area contributed by atoms with Gasteiger partial charge in [-0.3, -0.25) is 9.59 Å². The fourth-order valence-electron chi connectivity index (χ4n) is 3.32. The molecular formula is C21H34N2O4. The van der Waals surface area contributed by atoms with Crippen molar-refractivity contribution in [3.63, 3.8) is 0 Å². The molecule has 6 nitrogen and oxygen atoms in total. The first-order valence-corrected chi connectivity index (χ1v) is 10.0. The van der Waals surface area contributed by atoms with E-state index in [1.165, 1.54) is 0 Å². The van der Waals surface area contributed by atoms with Crippen LogP contribution in [0.15, 0.2) is 22.8 Å². The minimum atomic E-state index is -0.0559. The van der Waals surface area contributed by atoms with Gasteiger partial charge in [0.05, 0.1) is 25.5 Å². The van der Waals surface area contributed by atoms with Crippen LogP contribution in [0.3, 0.4) is 0 Å². The van der Waals surface area contributed by atoms with Crippen LogP contribution >= 0.6 is 0 Å². The SMILES string of the molecule is CC(C)CC(=O)N(CC(=O)N(Cc1ccco1)CC1CCCO1)CC(C)C. The first-order valence-electron chi connectivity index (χ1n) is 10.0. The third kappa shape index (κ3) is 7.37. The Morgan fingerprint density at radius 3 is 2.48 bits per heavy atom. The van der Waals surface area contributed by atoms with Crippen molar-refractivity contribution in [2.45, 2.75) is 59.6 Å². The van der Waals surface area contributed by atoms with Crippen molar-refractivity contribution in [1.82, 2.24) is 9.80 Å². The van der Waals surface area contributed by atoms with E-state index in [-0.39, 0.29) is 30.4 Å². The largest absolute Gasteiger partial charge is 0.467 e. The predicted molar refractivity (Wildman–Crippen MR) is 104 cm³/mol. The van der Waals surface area contributed by atoms with Crippen molar-refractivity contribution >= 4 is 11.8 Å². The number of furan rings is 1. The molecule has 1 fully saturated rings. The summed E-state index contributed by atoms with van der Waals surface area (Å²) in [7, 11) is 0. The maximum atomic E-state index is 13.1. The molecule has 2 heterocycles. The number of carbonyl (C=O) groups is 2. The Bertz CT molecular complexity index is 577. The number of nitrogens with zero attached hydrogens (tertiary/aromatic N) is 2. The fourth-order valence-corrected chi connectivity index (χ4v) is 3.32. The van der Waals surface area contributed by atoms with Crippen molar-refractivity contribution in [2.75, 3.05) is 26.2 Å². The summed E-state index contributed by atoms with van der Waals surface area (Å²) < 4.78 is 11.2. The fraction of sp³-hybridized carbons (Fsp3) is 0.714. The van der Waals surface area contributed by atoms with Gasteiger partial charge in [0, 0.05) is 26.1 Å². The van der Waals surface area contributed by atoms with E-state index in [4.69, 9.17) is 9.15 Å². The first-order chi connectivity index (χ1) is 12.8. The number of hydrogen-bond donors (Lipinski definition) is 0. The Morgan fingerprint density at radius 1 is 1.15 bits per heavy atom. The monoisotopic (exact) mass is 378 g/mol. The van der Waals surface area contributed by atoms with Gasteiger partial charge in [-0.05, 0) is 36.8 Å². The van der Waals surface area contributed by atoms with E-state index in [1.54, 1.807) is 16.1 Å². The highest BCUT2D eigenvalue weighted by molar-refractivity contribution is 5.85. The molecule has 2 rings (SSSR count). The van der Waals surface area contributed by atoms with Crippen LogP contribution in [0.4, 0.5) is 0 Å². The number of hydrogen-bond acceptors (Lipinski definition) is 4. The van der Waals surface area contributed by atoms with Gasteiger partial charge in [0.1, 0.15) is 5.76 Å². The van der Waals surface area contributed by atoms with Crippen LogP contribution in [0.1, 0.15) is 52.7 Å². The summed E-state index contributed by atoms with van der Waals surface area (Å²) >= 11 is 0. The second kappa shape index (κ2) is 10.5. The van der Waals surface area contributed by atoms with Gasteiger partial charge in [0.2, 0.25) is 11.8 Å². The van der Waals surface area contributed by atoms with Crippen LogP contribution in [0.5, 0.6) is 0 Å². The van der Waals surface area contributed by atoms with Crippen LogP contribution in [0.2, 0.25) is 0 Å². The summed E-state index contributed by atoms with van der Waals surface area (Å²) in [5.41, 5.74) is 0. The van der Waals surface area contributed by atoms with Crippen molar-refractivity contribution in [1.29, 1.82) is 0 Å². The highest BCUT2D eigenvalue weighted by Gasteiger charge is 2.26. The van der Waals surface area contributed by atoms with Crippen molar-refractivity contribution in [3.05, 3.63) is 24.2 Å². The van der Waals surface area contributed by atoms with E-state index in [1.807, 2.05) is 26.0 Å². The molecule has 6 heteroatoms. The Hall–Kier alpha value is -1.82. The van der Waals surface area contributed by atoms with Crippen molar-refractivity contribution in [2.24, 2.45) is 11.8 Å². The molecule has 1 aromatic rings. The second-order valence-corrected chi connectivity index (χ2v) is 8.25. The summed E-state index contributed by atoms with van der Waals surface area (Å²) in [5.74, 6) is 1.31. The Morgan fingerprint density at radius 2 is 1.93 bits per heavy atom. The summed E-state index contributed by atoms with van der Waals surface area (Å²) in [6, 6.07) is 3.69. The molecule has 0 radical (unpaired) electrons. The van der Waals surface area contributed by atoms with E-state index in [0.717, 1.165) is 25.2 Å². The van der Waals surface area contributed by atoms with Gasteiger partial charge in [-0.1, -0.05) is 27.7 Å². The smallest absolute Gasteiger partial charge is 0.242 e. The maximum absolute atomic E-state index is 13.1. The molecule has 1 unspecified atom stereocenters. The minimum Gasteiger partial charge on any atom is -0.467 e. The molecule has 0 aromatic carbocycles. The lowest BCUT2D eigenvalue weighted by atomic mass is 10.1. The average Bonchev–Trinajstić information content (AvgIpc) is 3.26. The molecule has 0 saturated carbocycles. The number of amides is 2. The Labute approximate surface area is 162 Å². The molecule has 0 spiro atoms. The first kappa shape index (κ1) is 21.5. The molecule has 1 atom stereocenters. The lowest BCUT2D eigenvalue weighted by Gasteiger charge is -2.30. The van der Waals surface area contributed by atoms with Crippen LogP contribution in [0, 0.1) is 11.8 Å². The predicted octanol–water partition coefficient (Wildman–Crippen LogP) is 3.32. The third-order valence-electron chi connectivity index (χ3n) is 4.57. The molecule has 27 heavy (non-hydrogen) atoms. The van der Waals surface area contributed by atoms with Gasteiger partial charge in [0.15, 0.2) is 0 Å². The standard InChI is InChI=1S/C21H34N2O4/c1-16(2)11-20(24)22(12-17(3)4)15-21(25)23(13-18-7-5-9-26-18)14-19-8-6-10-27-19/h5,7,9,16-17,19H,6,8,10-15H2,1-4H3. The topological polar surface area (TPSA) is 63.0 Å². The van der Waals surface area contributed by atoms with Gasteiger partial charge < -0.3 is 19.0 Å². The molecule has 1 aliphatic heterocycles. The van der Waals surface area contributed by atoms with Gasteiger partial charge in [-0.15, -0.1) is 0 Å². The molecule has 0 bridgehead atoms. The highest BCUT2D eigenvalue weighted by atomic mass is 16.5. The zero-order valence-electron chi connectivity index (χ0n) is 17.1. The highest BCUT2D eigenvalue weighted by Crippen LogP contribution is 2.16. The van der Waals surface area contributed by atoms with E-state index in [0.29, 0.717) is 32.0 Å². The Kier molecular flexibility index (Phi) is 8.35. The Balaban J connectivity index is 2.06. The lowest BCUT2D eigenvalue weighted by molar-refractivity contribution is -0.142. The van der Waals surface area contributed by atoms with Gasteiger partial charge in [0.25, 0.3) is 0 Å². The van der Waals surface area contributed by atoms with Crippen LogP contribution in [0.25, 0.3) is 0 Å². The third-order valence-corrected chi connectivity index (χ3v) is 4.57. The minimum absolute atomic E-state index is 0.0436. The molecule has 0 aliphatic carbocycles. The molecule has 2 amide bonds.